The molecule has 0 aromatic heterocycles. The van der Waals surface area contributed by atoms with Crippen molar-refractivity contribution in [2.75, 3.05) is 51.1 Å². The quantitative estimate of drug-likeness (QED) is 0.806. The van der Waals surface area contributed by atoms with Gasteiger partial charge in [0.15, 0.2) is 5.11 Å². The molecule has 5 nitrogen and oxygen atoms in total. The van der Waals surface area contributed by atoms with E-state index in [4.69, 9.17) is 12.2 Å². The van der Waals surface area contributed by atoms with E-state index in [9.17, 15) is 4.79 Å². The number of hydrogen-bond acceptors (Lipinski definition) is 3. The second-order valence-electron chi connectivity index (χ2n) is 8.25. The maximum Gasteiger partial charge on any atom is 0.236 e. The van der Waals surface area contributed by atoms with E-state index in [1.165, 1.54) is 12.0 Å². The van der Waals surface area contributed by atoms with Crippen molar-refractivity contribution in [1.29, 1.82) is 0 Å². The largest absolute Gasteiger partial charge is 0.346 e. The minimum atomic E-state index is 0.280. The maximum absolute atomic E-state index is 12.7. The number of anilines is 1. The first kappa shape index (κ1) is 20.1. The molecule has 0 unspecified atom stereocenters. The Morgan fingerprint density at radius 3 is 2.33 bits per heavy atom. The van der Waals surface area contributed by atoms with Gasteiger partial charge in [-0.1, -0.05) is 32.0 Å². The van der Waals surface area contributed by atoms with Gasteiger partial charge in [-0.25, -0.2) is 0 Å². The Morgan fingerprint density at radius 2 is 1.70 bits per heavy atom. The van der Waals surface area contributed by atoms with Gasteiger partial charge < -0.3 is 15.1 Å². The van der Waals surface area contributed by atoms with Gasteiger partial charge in [0.25, 0.3) is 0 Å². The zero-order chi connectivity index (χ0) is 19.4. The number of hydrogen-bond donors (Lipinski definition) is 1. The van der Waals surface area contributed by atoms with E-state index in [1.807, 2.05) is 12.1 Å². The second-order valence-corrected chi connectivity index (χ2v) is 8.64. The third-order valence-corrected chi connectivity index (χ3v) is 5.99. The SMILES string of the molecule is Cc1ccccc1NC(=S)N1CCN(CC(=O)N2C[C@H](C)C[C@H](C)C2)CC1. The highest BCUT2D eigenvalue weighted by Crippen LogP contribution is 2.21. The van der Waals surface area contributed by atoms with Gasteiger partial charge in [-0.15, -0.1) is 0 Å². The Kier molecular flexibility index (Phi) is 6.71. The Bertz CT molecular complexity index is 662. The van der Waals surface area contributed by atoms with E-state index in [1.54, 1.807) is 0 Å². The normalized spacial score (nSPS) is 24.0. The fourth-order valence-electron chi connectivity index (χ4n) is 4.17. The highest BCUT2D eigenvalue weighted by Gasteiger charge is 2.27. The van der Waals surface area contributed by atoms with Crippen LogP contribution >= 0.6 is 12.2 Å². The van der Waals surface area contributed by atoms with Gasteiger partial charge in [0, 0.05) is 45.0 Å². The molecule has 1 aromatic carbocycles. The van der Waals surface area contributed by atoms with Crippen LogP contribution in [-0.2, 0) is 4.79 Å². The molecule has 6 heteroatoms. The Morgan fingerprint density at radius 1 is 1.07 bits per heavy atom. The second kappa shape index (κ2) is 9.02. The van der Waals surface area contributed by atoms with Crippen LogP contribution in [0.25, 0.3) is 0 Å². The van der Waals surface area contributed by atoms with Gasteiger partial charge in [0.1, 0.15) is 0 Å². The topological polar surface area (TPSA) is 38.8 Å². The molecule has 1 amide bonds. The number of piperidine rings is 1. The molecule has 2 aliphatic rings. The van der Waals surface area contributed by atoms with Crippen LogP contribution in [0.3, 0.4) is 0 Å². The lowest BCUT2D eigenvalue weighted by atomic mass is 9.92. The molecule has 0 bridgehead atoms. The minimum Gasteiger partial charge on any atom is -0.346 e. The molecule has 0 spiro atoms. The first-order valence-corrected chi connectivity index (χ1v) is 10.4. The molecule has 1 N–H and O–H groups in total. The molecule has 3 rings (SSSR count). The van der Waals surface area contributed by atoms with Gasteiger partial charge >= 0.3 is 0 Å². The summed E-state index contributed by atoms with van der Waals surface area (Å²) >= 11 is 5.59. The van der Waals surface area contributed by atoms with Crippen molar-refractivity contribution in [2.24, 2.45) is 11.8 Å². The Balaban J connectivity index is 1.45. The van der Waals surface area contributed by atoms with Crippen LogP contribution in [-0.4, -0.2) is 71.5 Å². The number of amides is 1. The summed E-state index contributed by atoms with van der Waals surface area (Å²) in [5.74, 6) is 1.50. The van der Waals surface area contributed by atoms with Crippen LogP contribution in [0.4, 0.5) is 5.69 Å². The van der Waals surface area contributed by atoms with Crippen molar-refractivity contribution in [3.63, 3.8) is 0 Å². The van der Waals surface area contributed by atoms with Crippen molar-refractivity contribution in [3.05, 3.63) is 29.8 Å². The van der Waals surface area contributed by atoms with Gasteiger partial charge in [-0.05, 0) is 49.0 Å². The van der Waals surface area contributed by atoms with E-state index in [2.05, 4.69) is 52.9 Å². The van der Waals surface area contributed by atoms with Gasteiger partial charge in [0.2, 0.25) is 5.91 Å². The summed E-state index contributed by atoms with van der Waals surface area (Å²) in [5, 5.41) is 4.13. The smallest absolute Gasteiger partial charge is 0.236 e. The van der Waals surface area contributed by atoms with E-state index in [0.29, 0.717) is 18.4 Å². The number of nitrogens with zero attached hydrogens (tertiary/aromatic N) is 3. The number of carbonyl (C=O) groups is 1. The number of aryl methyl sites for hydroxylation is 1. The minimum absolute atomic E-state index is 0.280. The zero-order valence-corrected chi connectivity index (χ0v) is 17.6. The highest BCUT2D eigenvalue weighted by molar-refractivity contribution is 7.80. The van der Waals surface area contributed by atoms with E-state index < -0.39 is 0 Å². The first-order valence-electron chi connectivity index (χ1n) is 10.0. The highest BCUT2D eigenvalue weighted by atomic mass is 32.1. The van der Waals surface area contributed by atoms with Crippen LogP contribution in [0, 0.1) is 18.8 Å². The third-order valence-electron chi connectivity index (χ3n) is 5.63. The number of likely N-dealkylation sites (tertiary alicyclic amines) is 1. The molecule has 2 atom stereocenters. The number of rotatable bonds is 3. The monoisotopic (exact) mass is 388 g/mol. The molecule has 0 radical (unpaired) electrons. The number of para-hydroxylation sites is 1. The molecule has 148 valence electrons. The average molecular weight is 389 g/mol. The fourth-order valence-corrected chi connectivity index (χ4v) is 4.47. The summed E-state index contributed by atoms with van der Waals surface area (Å²) in [6.45, 7) is 12.4. The molecule has 0 saturated carbocycles. The van der Waals surface area contributed by atoms with Gasteiger partial charge in [-0.3, -0.25) is 9.69 Å². The van der Waals surface area contributed by atoms with Crippen LogP contribution in [0.1, 0.15) is 25.8 Å². The van der Waals surface area contributed by atoms with Gasteiger partial charge in [0.05, 0.1) is 6.54 Å². The lowest BCUT2D eigenvalue weighted by Crippen LogP contribution is -2.53. The van der Waals surface area contributed by atoms with E-state index in [-0.39, 0.29) is 5.91 Å². The standard InChI is InChI=1S/C21H32N4OS/c1-16-12-17(2)14-25(13-16)20(26)15-23-8-10-24(11-9-23)21(27)22-19-7-5-4-6-18(19)3/h4-7,16-17H,8-15H2,1-3H3,(H,22,27)/t16-,17+. The van der Waals surface area contributed by atoms with Crippen LogP contribution in [0.2, 0.25) is 0 Å². The molecule has 2 saturated heterocycles. The molecule has 1 aromatic rings. The number of nitrogens with one attached hydrogen (secondary N) is 1. The van der Waals surface area contributed by atoms with Crippen molar-refractivity contribution in [1.82, 2.24) is 14.7 Å². The summed E-state index contributed by atoms with van der Waals surface area (Å²) in [5.41, 5.74) is 2.25. The molecule has 27 heavy (non-hydrogen) atoms. The molecule has 2 aliphatic heterocycles. The Labute approximate surface area is 168 Å². The van der Waals surface area contributed by atoms with E-state index >= 15 is 0 Å². The predicted octanol–water partition coefficient (Wildman–Crippen LogP) is 2.81. The molecule has 2 heterocycles. The lowest BCUT2D eigenvalue weighted by molar-refractivity contribution is -0.135. The van der Waals surface area contributed by atoms with Gasteiger partial charge in [-0.2, -0.15) is 0 Å². The summed E-state index contributed by atoms with van der Waals surface area (Å²) in [6.07, 6.45) is 1.23. The number of carbonyl (C=O) groups excluding carboxylic acids is 1. The summed E-state index contributed by atoms with van der Waals surface area (Å²) in [4.78, 5) is 19.2. The number of piperazine rings is 1. The summed E-state index contributed by atoms with van der Waals surface area (Å²) in [7, 11) is 0. The zero-order valence-electron chi connectivity index (χ0n) is 16.8. The lowest BCUT2D eigenvalue weighted by Gasteiger charge is -2.39. The Hall–Kier alpha value is -1.66. The maximum atomic E-state index is 12.7. The fraction of sp³-hybridized carbons (Fsp3) is 0.619. The average Bonchev–Trinajstić information content (AvgIpc) is 2.63. The van der Waals surface area contributed by atoms with Crippen LogP contribution in [0.15, 0.2) is 24.3 Å². The molecule has 0 aliphatic carbocycles. The van der Waals surface area contributed by atoms with Crippen molar-refractivity contribution < 1.29 is 4.79 Å². The van der Waals surface area contributed by atoms with Crippen LogP contribution < -0.4 is 5.32 Å². The molecule has 2 fully saturated rings. The predicted molar refractivity (Wildman–Crippen MR) is 115 cm³/mol. The third kappa shape index (κ3) is 5.42. The van der Waals surface area contributed by atoms with E-state index in [0.717, 1.165) is 50.1 Å². The van der Waals surface area contributed by atoms with Crippen LogP contribution in [0.5, 0.6) is 0 Å². The van der Waals surface area contributed by atoms with Crippen molar-refractivity contribution >= 4 is 28.9 Å². The first-order chi connectivity index (χ1) is 12.9. The number of benzene rings is 1. The summed E-state index contributed by atoms with van der Waals surface area (Å²) in [6, 6.07) is 8.18. The molecular weight excluding hydrogens is 356 g/mol. The number of thiocarbonyl (C=S) groups is 1. The molecular formula is C21H32N4OS. The van der Waals surface area contributed by atoms with Crippen molar-refractivity contribution in [3.8, 4) is 0 Å². The summed E-state index contributed by atoms with van der Waals surface area (Å²) < 4.78 is 0. The van der Waals surface area contributed by atoms with Crippen molar-refractivity contribution in [2.45, 2.75) is 27.2 Å².